The number of nitrogens with zero attached hydrogens (tertiary/aromatic N) is 1. The van der Waals surface area contributed by atoms with Gasteiger partial charge in [-0.1, -0.05) is 12.8 Å². The van der Waals surface area contributed by atoms with Crippen molar-refractivity contribution in [2.45, 2.75) is 56.4 Å². The standard InChI is InChI=1S/C16H24N2O2S/c1-12-11-14(8-9-15(12)17)21(19,20)18-10-4-6-13-5-2-3-7-16(13)18/h8-9,11,13,16H,2-7,10,17H2,1H3/t13-,16-/m1/s1. The third kappa shape index (κ3) is 2.69. The Bertz CT molecular complexity index is 625. The van der Waals surface area contributed by atoms with Crippen LogP contribution >= 0.6 is 0 Å². The third-order valence-corrected chi connectivity index (χ3v) is 6.96. The molecule has 116 valence electrons. The lowest BCUT2D eigenvalue weighted by Crippen LogP contribution is -2.49. The van der Waals surface area contributed by atoms with E-state index in [1.54, 1.807) is 22.5 Å². The van der Waals surface area contributed by atoms with Crippen molar-refractivity contribution >= 4 is 15.7 Å². The molecule has 1 saturated carbocycles. The van der Waals surface area contributed by atoms with Gasteiger partial charge in [0.15, 0.2) is 0 Å². The first-order valence-electron chi connectivity index (χ1n) is 7.88. The summed E-state index contributed by atoms with van der Waals surface area (Å²) in [6.45, 7) is 2.51. The fourth-order valence-corrected chi connectivity index (χ4v) is 5.66. The Balaban J connectivity index is 1.94. The number of hydrogen-bond acceptors (Lipinski definition) is 3. The van der Waals surface area contributed by atoms with Crippen molar-refractivity contribution in [3.63, 3.8) is 0 Å². The summed E-state index contributed by atoms with van der Waals surface area (Å²) in [5.74, 6) is 0.553. The number of nitrogens with two attached hydrogens (primary N) is 1. The van der Waals surface area contributed by atoms with E-state index in [0.717, 1.165) is 24.8 Å². The molecule has 3 rings (SSSR count). The second-order valence-electron chi connectivity index (χ2n) is 6.39. The summed E-state index contributed by atoms with van der Waals surface area (Å²) in [6, 6.07) is 5.25. The number of rotatable bonds is 2. The minimum Gasteiger partial charge on any atom is -0.399 e. The molecular formula is C16H24N2O2S. The highest BCUT2D eigenvalue weighted by atomic mass is 32.2. The Morgan fingerprint density at radius 1 is 1.14 bits per heavy atom. The van der Waals surface area contributed by atoms with E-state index in [1.807, 2.05) is 6.92 Å². The van der Waals surface area contributed by atoms with Gasteiger partial charge in [0.05, 0.1) is 4.90 Å². The van der Waals surface area contributed by atoms with Gasteiger partial charge in [-0.2, -0.15) is 4.31 Å². The molecule has 2 aliphatic rings. The Hall–Kier alpha value is -1.07. The quantitative estimate of drug-likeness (QED) is 0.854. The molecule has 1 saturated heterocycles. The van der Waals surface area contributed by atoms with Crippen LogP contribution in [0.15, 0.2) is 23.1 Å². The van der Waals surface area contributed by atoms with Crippen LogP contribution in [0.5, 0.6) is 0 Å². The van der Waals surface area contributed by atoms with Crippen molar-refractivity contribution in [2.75, 3.05) is 12.3 Å². The number of anilines is 1. The number of fused-ring (bicyclic) bond motifs is 1. The molecule has 2 atom stereocenters. The normalized spacial score (nSPS) is 27.3. The van der Waals surface area contributed by atoms with E-state index < -0.39 is 10.0 Å². The minimum absolute atomic E-state index is 0.204. The van der Waals surface area contributed by atoms with Crippen molar-refractivity contribution in [1.29, 1.82) is 0 Å². The Morgan fingerprint density at radius 3 is 2.62 bits per heavy atom. The Morgan fingerprint density at radius 2 is 1.86 bits per heavy atom. The molecular weight excluding hydrogens is 284 g/mol. The largest absolute Gasteiger partial charge is 0.399 e. The highest BCUT2D eigenvalue weighted by molar-refractivity contribution is 7.89. The highest BCUT2D eigenvalue weighted by Gasteiger charge is 2.39. The van der Waals surface area contributed by atoms with E-state index >= 15 is 0 Å². The lowest BCUT2D eigenvalue weighted by Gasteiger charge is -2.43. The molecule has 0 bridgehead atoms. The van der Waals surface area contributed by atoms with E-state index in [4.69, 9.17) is 5.73 Å². The van der Waals surface area contributed by atoms with Crippen LogP contribution in [0.25, 0.3) is 0 Å². The van der Waals surface area contributed by atoms with Gasteiger partial charge in [-0.15, -0.1) is 0 Å². The average molecular weight is 308 g/mol. The topological polar surface area (TPSA) is 63.4 Å². The summed E-state index contributed by atoms with van der Waals surface area (Å²) < 4.78 is 27.8. The van der Waals surface area contributed by atoms with Gasteiger partial charge in [-0.3, -0.25) is 0 Å². The Kier molecular flexibility index (Phi) is 3.97. The molecule has 1 aromatic carbocycles. The average Bonchev–Trinajstić information content (AvgIpc) is 2.49. The molecule has 2 N–H and O–H groups in total. The summed E-state index contributed by atoms with van der Waals surface area (Å²) in [4.78, 5) is 0.389. The highest BCUT2D eigenvalue weighted by Crippen LogP contribution is 2.38. The van der Waals surface area contributed by atoms with Crippen molar-refractivity contribution < 1.29 is 8.42 Å². The van der Waals surface area contributed by atoms with E-state index in [-0.39, 0.29) is 6.04 Å². The van der Waals surface area contributed by atoms with Gasteiger partial charge >= 0.3 is 0 Å². The molecule has 1 heterocycles. The van der Waals surface area contributed by atoms with E-state index in [2.05, 4.69) is 0 Å². The first-order valence-corrected chi connectivity index (χ1v) is 9.32. The van der Waals surface area contributed by atoms with Gasteiger partial charge < -0.3 is 5.73 Å². The maximum Gasteiger partial charge on any atom is 0.243 e. The lowest BCUT2D eigenvalue weighted by atomic mass is 9.79. The molecule has 2 fully saturated rings. The van der Waals surface area contributed by atoms with Crippen molar-refractivity contribution in [3.05, 3.63) is 23.8 Å². The number of piperidine rings is 1. The summed E-state index contributed by atoms with van der Waals surface area (Å²) in [6.07, 6.45) is 6.74. The van der Waals surface area contributed by atoms with Crippen LogP contribution in [-0.2, 0) is 10.0 Å². The number of aryl methyl sites for hydroxylation is 1. The summed E-state index contributed by atoms with van der Waals surface area (Å²) >= 11 is 0. The van der Waals surface area contributed by atoms with Crippen LogP contribution in [0.3, 0.4) is 0 Å². The fraction of sp³-hybridized carbons (Fsp3) is 0.625. The van der Waals surface area contributed by atoms with Crippen LogP contribution in [0.4, 0.5) is 5.69 Å². The zero-order valence-electron chi connectivity index (χ0n) is 12.6. The van der Waals surface area contributed by atoms with E-state index in [0.29, 0.717) is 23.0 Å². The van der Waals surface area contributed by atoms with Gasteiger partial charge in [-0.25, -0.2) is 8.42 Å². The maximum atomic E-state index is 13.0. The molecule has 21 heavy (non-hydrogen) atoms. The van der Waals surface area contributed by atoms with Gasteiger partial charge in [0, 0.05) is 18.3 Å². The first-order chi connectivity index (χ1) is 10.00. The number of hydrogen-bond donors (Lipinski definition) is 1. The van der Waals surface area contributed by atoms with Crippen LogP contribution in [0.1, 0.15) is 44.1 Å². The molecule has 4 nitrogen and oxygen atoms in total. The van der Waals surface area contributed by atoms with Crippen LogP contribution < -0.4 is 5.73 Å². The monoisotopic (exact) mass is 308 g/mol. The second kappa shape index (κ2) is 5.61. The Labute approximate surface area is 127 Å². The molecule has 0 spiro atoms. The molecule has 0 amide bonds. The predicted molar refractivity (Wildman–Crippen MR) is 84.5 cm³/mol. The van der Waals surface area contributed by atoms with Crippen LogP contribution in [0, 0.1) is 12.8 Å². The molecule has 1 aromatic rings. The minimum atomic E-state index is -3.39. The smallest absolute Gasteiger partial charge is 0.243 e. The third-order valence-electron chi connectivity index (χ3n) is 5.04. The molecule has 1 aliphatic heterocycles. The molecule has 1 aliphatic carbocycles. The van der Waals surface area contributed by atoms with Gasteiger partial charge in [0.25, 0.3) is 0 Å². The van der Waals surface area contributed by atoms with Crippen molar-refractivity contribution in [2.24, 2.45) is 5.92 Å². The number of sulfonamides is 1. The SMILES string of the molecule is Cc1cc(S(=O)(=O)N2CCC[C@H]3CCCC[C@H]32)ccc1N. The first kappa shape index (κ1) is 14.9. The van der Waals surface area contributed by atoms with Crippen LogP contribution in [-0.4, -0.2) is 25.3 Å². The predicted octanol–water partition coefficient (Wildman–Crippen LogP) is 2.92. The van der Waals surface area contributed by atoms with E-state index in [1.165, 1.54) is 19.3 Å². The van der Waals surface area contributed by atoms with Crippen molar-refractivity contribution in [3.8, 4) is 0 Å². The van der Waals surface area contributed by atoms with E-state index in [9.17, 15) is 8.42 Å². The summed E-state index contributed by atoms with van der Waals surface area (Å²) in [5, 5.41) is 0. The molecule has 0 radical (unpaired) electrons. The van der Waals surface area contributed by atoms with Gasteiger partial charge in [0.1, 0.15) is 0 Å². The summed E-state index contributed by atoms with van der Waals surface area (Å²) in [5.41, 5.74) is 7.28. The van der Waals surface area contributed by atoms with Gasteiger partial charge in [0.2, 0.25) is 10.0 Å². The van der Waals surface area contributed by atoms with Crippen molar-refractivity contribution in [1.82, 2.24) is 4.31 Å². The molecule has 5 heteroatoms. The zero-order chi connectivity index (χ0) is 15.0. The zero-order valence-corrected chi connectivity index (χ0v) is 13.4. The molecule has 0 unspecified atom stereocenters. The summed E-state index contributed by atoms with van der Waals surface area (Å²) in [7, 11) is -3.39. The maximum absolute atomic E-state index is 13.0. The van der Waals surface area contributed by atoms with Gasteiger partial charge in [-0.05, 0) is 62.3 Å². The number of benzene rings is 1. The fourth-order valence-electron chi connectivity index (χ4n) is 3.82. The lowest BCUT2D eigenvalue weighted by molar-refractivity contribution is 0.129. The molecule has 0 aromatic heterocycles. The second-order valence-corrected chi connectivity index (χ2v) is 8.28. The number of nitrogen functional groups attached to an aromatic ring is 1. The van der Waals surface area contributed by atoms with Crippen LogP contribution in [0.2, 0.25) is 0 Å².